The van der Waals surface area contributed by atoms with E-state index in [9.17, 15) is 0 Å². The summed E-state index contributed by atoms with van der Waals surface area (Å²) in [4.78, 5) is 2.87. The molecule has 1 heterocycles. The van der Waals surface area contributed by atoms with Crippen molar-refractivity contribution in [1.29, 1.82) is 0 Å². The lowest BCUT2D eigenvalue weighted by atomic mass is 10.0. The molecule has 2 rings (SSSR count). The van der Waals surface area contributed by atoms with Gasteiger partial charge in [0.15, 0.2) is 0 Å². The third kappa shape index (κ3) is 3.41. The van der Waals surface area contributed by atoms with Gasteiger partial charge in [-0.3, -0.25) is 0 Å². The molecule has 0 saturated carbocycles. The summed E-state index contributed by atoms with van der Waals surface area (Å²) in [6.07, 6.45) is 2.11. The van der Waals surface area contributed by atoms with Crippen LogP contribution in [0.5, 0.6) is 5.75 Å². The highest BCUT2D eigenvalue weighted by atomic mass is 32.1. The maximum Gasteiger partial charge on any atom is 0.123 e. The van der Waals surface area contributed by atoms with Crippen LogP contribution in [0.15, 0.2) is 30.3 Å². The minimum absolute atomic E-state index is 0.286. The van der Waals surface area contributed by atoms with Crippen molar-refractivity contribution in [2.24, 2.45) is 0 Å². The SMILES string of the molecule is CCc1ccc(CC(NC)c2ccc(C)cc2OC)s1. The summed E-state index contributed by atoms with van der Waals surface area (Å²) in [7, 11) is 3.75. The number of benzene rings is 1. The highest BCUT2D eigenvalue weighted by Crippen LogP contribution is 2.30. The monoisotopic (exact) mass is 289 g/mol. The van der Waals surface area contributed by atoms with Crippen molar-refractivity contribution in [3.8, 4) is 5.75 Å². The zero-order valence-corrected chi connectivity index (χ0v) is 13.5. The van der Waals surface area contributed by atoms with E-state index < -0.39 is 0 Å². The molecule has 0 aliphatic carbocycles. The van der Waals surface area contributed by atoms with Crippen molar-refractivity contribution in [3.63, 3.8) is 0 Å². The Bertz CT molecular complexity index is 562. The fourth-order valence-electron chi connectivity index (χ4n) is 2.40. The van der Waals surface area contributed by atoms with Crippen LogP contribution in [0.2, 0.25) is 0 Å². The van der Waals surface area contributed by atoms with Gasteiger partial charge in [0.05, 0.1) is 7.11 Å². The fourth-order valence-corrected chi connectivity index (χ4v) is 3.40. The summed E-state index contributed by atoms with van der Waals surface area (Å²) in [5.74, 6) is 0.969. The first-order chi connectivity index (χ1) is 9.67. The minimum Gasteiger partial charge on any atom is -0.496 e. The van der Waals surface area contributed by atoms with Crippen LogP contribution < -0.4 is 10.1 Å². The third-order valence-corrected chi connectivity index (χ3v) is 4.84. The van der Waals surface area contributed by atoms with Gasteiger partial charge in [-0.25, -0.2) is 0 Å². The molecular formula is C17H23NOS. The summed E-state index contributed by atoms with van der Waals surface area (Å²) in [6, 6.07) is 11.2. The maximum atomic E-state index is 5.54. The Morgan fingerprint density at radius 1 is 1.20 bits per heavy atom. The first-order valence-electron chi connectivity index (χ1n) is 7.07. The van der Waals surface area contributed by atoms with Crippen molar-refractivity contribution in [1.82, 2.24) is 5.32 Å². The Morgan fingerprint density at radius 3 is 2.55 bits per heavy atom. The van der Waals surface area contributed by atoms with Crippen LogP contribution in [0.1, 0.15) is 33.8 Å². The molecule has 1 aromatic carbocycles. The van der Waals surface area contributed by atoms with Gasteiger partial charge in [0.2, 0.25) is 0 Å². The summed E-state index contributed by atoms with van der Waals surface area (Å²) in [5, 5.41) is 3.41. The second-order valence-electron chi connectivity index (χ2n) is 5.01. The zero-order valence-electron chi connectivity index (χ0n) is 12.7. The molecular weight excluding hydrogens is 266 g/mol. The summed E-state index contributed by atoms with van der Waals surface area (Å²) < 4.78 is 5.54. The molecule has 3 heteroatoms. The van der Waals surface area contributed by atoms with Crippen LogP contribution in [-0.4, -0.2) is 14.2 Å². The average molecular weight is 289 g/mol. The normalized spacial score (nSPS) is 12.4. The van der Waals surface area contributed by atoms with Gasteiger partial charge in [-0.05, 0) is 44.2 Å². The molecule has 1 aromatic heterocycles. The second-order valence-corrected chi connectivity index (χ2v) is 6.27. The molecule has 0 aliphatic rings. The van der Waals surface area contributed by atoms with Crippen LogP contribution >= 0.6 is 11.3 Å². The maximum absolute atomic E-state index is 5.54. The van der Waals surface area contributed by atoms with Crippen molar-refractivity contribution in [2.75, 3.05) is 14.2 Å². The fraction of sp³-hybridized carbons (Fsp3) is 0.412. The molecule has 2 aromatic rings. The van der Waals surface area contributed by atoms with Crippen molar-refractivity contribution in [3.05, 3.63) is 51.2 Å². The summed E-state index contributed by atoms with van der Waals surface area (Å²) >= 11 is 1.91. The number of hydrogen-bond acceptors (Lipinski definition) is 3. The van der Waals surface area contributed by atoms with Gasteiger partial charge in [0, 0.05) is 27.8 Å². The Kier molecular flexibility index (Phi) is 5.21. The number of aryl methyl sites for hydroxylation is 2. The van der Waals surface area contributed by atoms with Crippen LogP contribution in [0.3, 0.4) is 0 Å². The van der Waals surface area contributed by atoms with Gasteiger partial charge < -0.3 is 10.1 Å². The van der Waals surface area contributed by atoms with E-state index in [-0.39, 0.29) is 6.04 Å². The van der Waals surface area contributed by atoms with E-state index in [4.69, 9.17) is 4.74 Å². The number of methoxy groups -OCH3 is 1. The number of likely N-dealkylation sites (N-methyl/N-ethyl adjacent to an activating group) is 1. The standard InChI is InChI=1S/C17H23NOS/c1-5-13-7-8-14(20-13)11-16(18-3)15-9-6-12(2)10-17(15)19-4/h6-10,16,18H,5,11H2,1-4H3. The molecule has 0 amide bonds. The zero-order chi connectivity index (χ0) is 14.5. The van der Waals surface area contributed by atoms with E-state index >= 15 is 0 Å². The van der Waals surface area contributed by atoms with Gasteiger partial charge >= 0.3 is 0 Å². The molecule has 0 fully saturated rings. The minimum atomic E-state index is 0.286. The molecule has 108 valence electrons. The summed E-state index contributed by atoms with van der Waals surface area (Å²) in [5.41, 5.74) is 2.46. The third-order valence-electron chi connectivity index (χ3n) is 3.58. The lowest BCUT2D eigenvalue weighted by Gasteiger charge is -2.19. The Labute approximate surface area is 125 Å². The van der Waals surface area contributed by atoms with Crippen molar-refractivity contribution in [2.45, 2.75) is 32.7 Å². The average Bonchev–Trinajstić information content (AvgIpc) is 2.92. The van der Waals surface area contributed by atoms with Crippen LogP contribution in [0, 0.1) is 6.92 Å². The first-order valence-corrected chi connectivity index (χ1v) is 7.89. The largest absolute Gasteiger partial charge is 0.496 e. The molecule has 0 radical (unpaired) electrons. The Morgan fingerprint density at radius 2 is 1.95 bits per heavy atom. The van der Waals surface area contributed by atoms with Crippen LogP contribution in [0.25, 0.3) is 0 Å². The molecule has 1 N–H and O–H groups in total. The van der Waals surface area contributed by atoms with Crippen LogP contribution in [0.4, 0.5) is 0 Å². The predicted molar refractivity (Wildman–Crippen MR) is 86.9 cm³/mol. The predicted octanol–water partition coefficient (Wildman–Crippen LogP) is 4.13. The van der Waals surface area contributed by atoms with Crippen LogP contribution in [-0.2, 0) is 12.8 Å². The number of rotatable bonds is 6. The van der Waals surface area contributed by atoms with E-state index in [1.54, 1.807) is 7.11 Å². The van der Waals surface area contributed by atoms with E-state index in [2.05, 4.69) is 49.5 Å². The van der Waals surface area contributed by atoms with E-state index in [0.29, 0.717) is 0 Å². The van der Waals surface area contributed by atoms with E-state index in [1.165, 1.54) is 20.9 Å². The molecule has 1 atom stereocenters. The number of nitrogens with one attached hydrogen (secondary N) is 1. The molecule has 0 bridgehead atoms. The molecule has 2 nitrogen and oxygen atoms in total. The highest BCUT2D eigenvalue weighted by Gasteiger charge is 2.16. The van der Waals surface area contributed by atoms with Gasteiger partial charge in [-0.2, -0.15) is 0 Å². The number of ether oxygens (including phenoxy) is 1. The van der Waals surface area contributed by atoms with Crippen molar-refractivity contribution >= 4 is 11.3 Å². The smallest absolute Gasteiger partial charge is 0.123 e. The quantitative estimate of drug-likeness (QED) is 0.863. The molecule has 0 spiro atoms. The van der Waals surface area contributed by atoms with Gasteiger partial charge in [-0.15, -0.1) is 11.3 Å². The first kappa shape index (κ1) is 15.1. The van der Waals surface area contributed by atoms with E-state index in [0.717, 1.165) is 18.6 Å². The summed E-state index contributed by atoms with van der Waals surface area (Å²) in [6.45, 7) is 4.29. The highest BCUT2D eigenvalue weighted by molar-refractivity contribution is 7.11. The topological polar surface area (TPSA) is 21.3 Å². The molecule has 20 heavy (non-hydrogen) atoms. The van der Waals surface area contributed by atoms with Crippen molar-refractivity contribution < 1.29 is 4.74 Å². The van der Waals surface area contributed by atoms with Gasteiger partial charge in [0.1, 0.15) is 5.75 Å². The second kappa shape index (κ2) is 6.91. The Hall–Kier alpha value is -1.32. The number of hydrogen-bond donors (Lipinski definition) is 1. The van der Waals surface area contributed by atoms with E-state index in [1.807, 2.05) is 18.4 Å². The Balaban J connectivity index is 2.23. The lowest BCUT2D eigenvalue weighted by Crippen LogP contribution is -2.19. The molecule has 1 unspecified atom stereocenters. The lowest BCUT2D eigenvalue weighted by molar-refractivity contribution is 0.401. The number of thiophene rings is 1. The molecule has 0 saturated heterocycles. The molecule has 0 aliphatic heterocycles. The van der Waals surface area contributed by atoms with Gasteiger partial charge in [-0.1, -0.05) is 19.1 Å². The van der Waals surface area contributed by atoms with Gasteiger partial charge in [0.25, 0.3) is 0 Å².